The highest BCUT2D eigenvalue weighted by molar-refractivity contribution is 6.34. The van der Waals surface area contributed by atoms with Gasteiger partial charge in [0.05, 0.1) is 5.02 Å². The Kier molecular flexibility index (Phi) is 2.24. The fraction of sp³-hybridized carbons (Fsp3) is 0. The first-order chi connectivity index (χ1) is 7.52. The highest BCUT2D eigenvalue weighted by Crippen LogP contribution is 2.27. The minimum atomic E-state index is -1.36. The van der Waals surface area contributed by atoms with Crippen LogP contribution in [0.5, 0.6) is 0 Å². The summed E-state index contributed by atoms with van der Waals surface area (Å²) in [6, 6.07) is 2.91. The van der Waals surface area contributed by atoms with Crippen LogP contribution in [0.15, 0.2) is 18.3 Å². The zero-order valence-corrected chi connectivity index (χ0v) is 8.38. The van der Waals surface area contributed by atoms with Gasteiger partial charge in [0.2, 0.25) is 0 Å². The Bertz CT molecular complexity index is 607. The van der Waals surface area contributed by atoms with E-state index in [-0.39, 0.29) is 10.5 Å². The van der Waals surface area contributed by atoms with Crippen LogP contribution in [0.2, 0.25) is 5.02 Å². The molecular formula is C8H4ClN3O4. The molecule has 0 aromatic carbocycles. The fourth-order valence-corrected chi connectivity index (χ4v) is 1.61. The predicted octanol–water partition coefficient (Wildman–Crippen LogP) is 1.59. The van der Waals surface area contributed by atoms with Crippen molar-refractivity contribution in [3.05, 3.63) is 39.3 Å². The third-order valence-electron chi connectivity index (χ3n) is 1.96. The molecule has 2 heterocycles. The van der Waals surface area contributed by atoms with E-state index in [1.165, 1.54) is 18.3 Å². The van der Waals surface area contributed by atoms with E-state index in [4.69, 9.17) is 16.7 Å². The van der Waals surface area contributed by atoms with E-state index in [1.54, 1.807) is 0 Å². The molecule has 16 heavy (non-hydrogen) atoms. The molecule has 0 aliphatic rings. The first-order valence-electron chi connectivity index (χ1n) is 4.06. The lowest BCUT2D eigenvalue weighted by atomic mass is 10.4. The van der Waals surface area contributed by atoms with Crippen LogP contribution in [0.3, 0.4) is 0 Å². The van der Waals surface area contributed by atoms with Crippen molar-refractivity contribution in [2.45, 2.75) is 0 Å². The van der Waals surface area contributed by atoms with Crippen LogP contribution in [0.4, 0.5) is 5.82 Å². The van der Waals surface area contributed by atoms with Gasteiger partial charge in [0, 0.05) is 6.20 Å². The van der Waals surface area contributed by atoms with E-state index in [0.29, 0.717) is 0 Å². The van der Waals surface area contributed by atoms with Crippen molar-refractivity contribution in [2.75, 3.05) is 0 Å². The van der Waals surface area contributed by atoms with Crippen LogP contribution in [0.25, 0.3) is 5.52 Å². The average Bonchev–Trinajstić information content (AvgIpc) is 2.58. The van der Waals surface area contributed by atoms with Gasteiger partial charge in [-0.25, -0.2) is 4.79 Å². The van der Waals surface area contributed by atoms with E-state index >= 15 is 0 Å². The largest absolute Gasteiger partial charge is 0.474 e. The molecule has 0 bridgehead atoms. The molecule has 82 valence electrons. The SMILES string of the molecule is O=C(O)c1nc([N+](=O)[O-])c2c(Cl)cccn12. The average molecular weight is 242 g/mol. The van der Waals surface area contributed by atoms with Gasteiger partial charge in [-0.15, -0.1) is 0 Å². The molecular weight excluding hydrogens is 238 g/mol. The molecule has 0 aliphatic carbocycles. The number of imidazole rings is 1. The molecule has 2 aromatic rings. The molecule has 0 spiro atoms. The summed E-state index contributed by atoms with van der Waals surface area (Å²) in [5, 5.41) is 19.6. The van der Waals surface area contributed by atoms with Crippen LogP contribution in [-0.4, -0.2) is 25.4 Å². The van der Waals surface area contributed by atoms with Crippen molar-refractivity contribution >= 4 is 28.9 Å². The number of carbonyl (C=O) groups is 1. The molecule has 0 fully saturated rings. The summed E-state index contributed by atoms with van der Waals surface area (Å²) in [6.07, 6.45) is 1.35. The maximum absolute atomic E-state index is 10.8. The van der Waals surface area contributed by atoms with Gasteiger partial charge in [0.15, 0.2) is 5.52 Å². The van der Waals surface area contributed by atoms with E-state index in [1.807, 2.05) is 0 Å². The van der Waals surface area contributed by atoms with Crippen LogP contribution >= 0.6 is 11.6 Å². The van der Waals surface area contributed by atoms with Crippen molar-refractivity contribution in [3.8, 4) is 0 Å². The van der Waals surface area contributed by atoms with Crippen molar-refractivity contribution in [3.63, 3.8) is 0 Å². The second kappa shape index (κ2) is 3.46. The number of fused-ring (bicyclic) bond motifs is 1. The van der Waals surface area contributed by atoms with Crippen molar-refractivity contribution in [1.29, 1.82) is 0 Å². The smallest absolute Gasteiger partial charge is 0.399 e. The van der Waals surface area contributed by atoms with Gasteiger partial charge in [-0.3, -0.25) is 4.40 Å². The normalized spacial score (nSPS) is 10.6. The van der Waals surface area contributed by atoms with Crippen molar-refractivity contribution in [1.82, 2.24) is 9.38 Å². The third kappa shape index (κ3) is 1.38. The predicted molar refractivity (Wildman–Crippen MR) is 53.8 cm³/mol. The lowest BCUT2D eigenvalue weighted by molar-refractivity contribution is -0.387. The number of carboxylic acids is 1. The van der Waals surface area contributed by atoms with E-state index in [2.05, 4.69) is 4.98 Å². The lowest BCUT2D eigenvalue weighted by Gasteiger charge is -1.95. The number of nitro groups is 1. The molecule has 0 saturated carbocycles. The van der Waals surface area contributed by atoms with Gasteiger partial charge in [0.25, 0.3) is 0 Å². The van der Waals surface area contributed by atoms with Crippen molar-refractivity contribution in [2.24, 2.45) is 0 Å². The van der Waals surface area contributed by atoms with Gasteiger partial charge in [-0.1, -0.05) is 11.6 Å². The van der Waals surface area contributed by atoms with Crippen LogP contribution < -0.4 is 0 Å². The summed E-state index contributed by atoms with van der Waals surface area (Å²) >= 11 is 5.77. The number of carboxylic acid groups (broad SMARTS) is 1. The zero-order valence-electron chi connectivity index (χ0n) is 7.62. The fourth-order valence-electron chi connectivity index (χ4n) is 1.36. The molecule has 0 aliphatic heterocycles. The number of aromatic nitrogens is 2. The molecule has 0 saturated heterocycles. The Labute approximate surface area is 93.0 Å². The summed E-state index contributed by atoms with van der Waals surface area (Å²) in [5.41, 5.74) is -0.0217. The minimum Gasteiger partial charge on any atom is -0.474 e. The molecule has 1 N–H and O–H groups in total. The van der Waals surface area contributed by atoms with Gasteiger partial charge < -0.3 is 15.2 Å². The number of rotatable bonds is 2. The van der Waals surface area contributed by atoms with Crippen molar-refractivity contribution < 1.29 is 14.8 Å². The molecule has 2 rings (SSSR count). The molecule has 0 unspecified atom stereocenters. The van der Waals surface area contributed by atoms with Gasteiger partial charge in [-0.2, -0.15) is 0 Å². The Morgan fingerprint density at radius 1 is 1.62 bits per heavy atom. The summed E-state index contributed by atoms with van der Waals surface area (Å²) in [5.74, 6) is -2.36. The number of halogens is 1. The third-order valence-corrected chi connectivity index (χ3v) is 2.27. The van der Waals surface area contributed by atoms with Gasteiger partial charge >= 0.3 is 17.6 Å². The summed E-state index contributed by atoms with van der Waals surface area (Å²) in [6.45, 7) is 0. The first kappa shape index (κ1) is 10.4. The number of nitrogens with zero attached hydrogens (tertiary/aromatic N) is 3. The summed E-state index contributed by atoms with van der Waals surface area (Å²) < 4.78 is 1.07. The second-order valence-electron chi connectivity index (χ2n) is 2.90. The molecule has 2 aromatic heterocycles. The quantitative estimate of drug-likeness (QED) is 0.636. The maximum Gasteiger partial charge on any atom is 0.399 e. The van der Waals surface area contributed by atoms with Crippen LogP contribution in [0.1, 0.15) is 10.6 Å². The molecule has 0 atom stereocenters. The van der Waals surface area contributed by atoms with Crippen LogP contribution in [0, 0.1) is 10.1 Å². The first-order valence-corrected chi connectivity index (χ1v) is 4.44. The van der Waals surface area contributed by atoms with Gasteiger partial charge in [0.1, 0.15) is 0 Å². The molecule has 0 radical (unpaired) electrons. The monoisotopic (exact) mass is 241 g/mol. The Morgan fingerprint density at radius 3 is 2.88 bits per heavy atom. The van der Waals surface area contributed by atoms with Gasteiger partial charge in [-0.05, 0) is 22.0 Å². The summed E-state index contributed by atoms with van der Waals surface area (Å²) in [7, 11) is 0. The topological polar surface area (TPSA) is 97.7 Å². The standard InChI is InChI=1S/C8H4ClN3O4/c9-4-2-1-3-11-5(4)6(12(15)16)10-7(11)8(13)14/h1-3H,(H,13,14). The molecule has 8 heteroatoms. The zero-order chi connectivity index (χ0) is 11.9. The number of hydrogen-bond donors (Lipinski definition) is 1. The number of aromatic carboxylic acids is 1. The Hall–Kier alpha value is -2.15. The maximum atomic E-state index is 10.8. The van der Waals surface area contributed by atoms with E-state index in [9.17, 15) is 14.9 Å². The van der Waals surface area contributed by atoms with E-state index < -0.39 is 22.5 Å². The highest BCUT2D eigenvalue weighted by atomic mass is 35.5. The second-order valence-corrected chi connectivity index (χ2v) is 3.30. The minimum absolute atomic E-state index is 0.0217. The molecule has 7 nitrogen and oxygen atoms in total. The summed E-state index contributed by atoms with van der Waals surface area (Å²) in [4.78, 5) is 24.2. The lowest BCUT2D eigenvalue weighted by Crippen LogP contribution is -2.03. The Morgan fingerprint density at radius 2 is 2.31 bits per heavy atom. The highest BCUT2D eigenvalue weighted by Gasteiger charge is 2.28. The van der Waals surface area contributed by atoms with E-state index in [0.717, 1.165) is 4.40 Å². The number of pyridine rings is 1. The van der Waals surface area contributed by atoms with Crippen LogP contribution in [-0.2, 0) is 0 Å². The number of hydrogen-bond acceptors (Lipinski definition) is 4. The molecule has 0 amide bonds. The Balaban J connectivity index is 2.93.